The van der Waals surface area contributed by atoms with Gasteiger partial charge in [-0.2, -0.15) is 8.42 Å². The van der Waals surface area contributed by atoms with Crippen molar-refractivity contribution in [2.45, 2.75) is 11.8 Å². The lowest BCUT2D eigenvalue weighted by molar-refractivity contribution is -0.115. The molecule has 39 heavy (non-hydrogen) atoms. The molecule has 9 heteroatoms. The summed E-state index contributed by atoms with van der Waals surface area (Å²) in [7, 11) is -2.77. The van der Waals surface area contributed by atoms with E-state index in [2.05, 4.69) is 0 Å². The molecule has 0 saturated heterocycles. The minimum Gasteiger partial charge on any atom is -0.399 e. The van der Waals surface area contributed by atoms with Gasteiger partial charge >= 0.3 is 0 Å². The molecule has 0 atom stereocenters. The van der Waals surface area contributed by atoms with Crippen LogP contribution in [0.4, 0.5) is 22.7 Å². The molecule has 5 aromatic carbocycles. The second-order valence-corrected chi connectivity index (χ2v) is 10.6. The molecule has 196 valence electrons. The van der Waals surface area contributed by atoms with Gasteiger partial charge in [-0.05, 0) is 53.2 Å². The number of nitrogens with zero attached hydrogens (tertiary/aromatic N) is 2. The summed E-state index contributed by atoms with van der Waals surface area (Å²) in [6, 6.07) is 27.5. The number of nitrogen functional groups attached to an aromatic ring is 1. The zero-order valence-electron chi connectivity index (χ0n) is 21.2. The van der Waals surface area contributed by atoms with Crippen molar-refractivity contribution in [1.82, 2.24) is 0 Å². The largest absolute Gasteiger partial charge is 0.399 e. The van der Waals surface area contributed by atoms with Crippen LogP contribution in [0.1, 0.15) is 17.3 Å². The summed E-state index contributed by atoms with van der Waals surface area (Å²) >= 11 is 0. The van der Waals surface area contributed by atoms with Crippen molar-refractivity contribution < 1.29 is 22.6 Å². The molecule has 0 unspecified atom stereocenters. The molecular formula is C30H25N3O5S. The van der Waals surface area contributed by atoms with Gasteiger partial charge in [0.25, 0.3) is 16.0 Å². The lowest BCUT2D eigenvalue weighted by Gasteiger charge is -2.25. The third-order valence-corrected chi connectivity index (χ3v) is 7.41. The van der Waals surface area contributed by atoms with Gasteiger partial charge in [0.2, 0.25) is 5.91 Å². The Hall–Kier alpha value is -4.73. The van der Waals surface area contributed by atoms with Crippen LogP contribution >= 0.6 is 0 Å². The highest BCUT2D eigenvalue weighted by Gasteiger charge is 2.22. The van der Waals surface area contributed by atoms with E-state index in [9.17, 15) is 22.6 Å². The molecule has 0 aliphatic rings. The van der Waals surface area contributed by atoms with E-state index < -0.39 is 10.1 Å². The van der Waals surface area contributed by atoms with Crippen molar-refractivity contribution in [2.24, 2.45) is 0 Å². The van der Waals surface area contributed by atoms with Gasteiger partial charge in [0, 0.05) is 36.0 Å². The van der Waals surface area contributed by atoms with E-state index in [1.165, 1.54) is 28.9 Å². The Kier molecular flexibility index (Phi) is 6.55. The molecule has 0 heterocycles. The van der Waals surface area contributed by atoms with E-state index in [0.717, 1.165) is 10.8 Å². The number of fused-ring (bicyclic) bond motifs is 2. The minimum atomic E-state index is -4.37. The Morgan fingerprint density at radius 1 is 0.769 bits per heavy atom. The summed E-state index contributed by atoms with van der Waals surface area (Å²) in [6.45, 7) is 1.45. The highest BCUT2D eigenvalue weighted by atomic mass is 32.2. The SMILES string of the molecule is CC(=O)N(c1cc(N)cc(C(=O)N(C)c2cccc3cc(S(=O)(=O)O)ccc23)c1)c1cccc2ccccc12. The number of amides is 2. The van der Waals surface area contributed by atoms with E-state index in [0.29, 0.717) is 33.5 Å². The summed E-state index contributed by atoms with van der Waals surface area (Å²) in [6.07, 6.45) is 0. The Morgan fingerprint density at radius 2 is 1.41 bits per heavy atom. The van der Waals surface area contributed by atoms with Crippen LogP contribution in [0.15, 0.2) is 102 Å². The lowest BCUT2D eigenvalue weighted by atomic mass is 10.1. The van der Waals surface area contributed by atoms with Gasteiger partial charge in [-0.25, -0.2) is 0 Å². The molecule has 0 bridgehead atoms. The van der Waals surface area contributed by atoms with Crippen LogP contribution in [0.25, 0.3) is 21.5 Å². The maximum Gasteiger partial charge on any atom is 0.294 e. The van der Waals surface area contributed by atoms with Crippen LogP contribution in [-0.2, 0) is 14.9 Å². The highest BCUT2D eigenvalue weighted by molar-refractivity contribution is 7.85. The van der Waals surface area contributed by atoms with Crippen molar-refractivity contribution in [2.75, 3.05) is 22.6 Å². The van der Waals surface area contributed by atoms with Crippen molar-refractivity contribution in [3.05, 3.63) is 103 Å². The summed E-state index contributed by atoms with van der Waals surface area (Å²) in [4.78, 5) is 29.3. The van der Waals surface area contributed by atoms with Crippen LogP contribution in [-0.4, -0.2) is 31.8 Å². The van der Waals surface area contributed by atoms with Crippen molar-refractivity contribution in [1.29, 1.82) is 0 Å². The predicted octanol–water partition coefficient (Wildman–Crippen LogP) is 5.78. The van der Waals surface area contributed by atoms with Gasteiger partial charge < -0.3 is 10.6 Å². The van der Waals surface area contributed by atoms with Gasteiger partial charge in [-0.1, -0.05) is 54.6 Å². The van der Waals surface area contributed by atoms with E-state index in [1.54, 1.807) is 49.5 Å². The molecule has 0 radical (unpaired) electrons. The Labute approximate surface area is 225 Å². The monoisotopic (exact) mass is 539 g/mol. The number of carbonyl (C=O) groups is 2. The molecule has 0 spiro atoms. The number of benzene rings is 5. The molecule has 0 fully saturated rings. The van der Waals surface area contributed by atoms with E-state index in [1.807, 2.05) is 42.5 Å². The van der Waals surface area contributed by atoms with E-state index in [-0.39, 0.29) is 22.3 Å². The Bertz CT molecular complexity index is 1880. The molecular weight excluding hydrogens is 514 g/mol. The number of rotatable bonds is 5. The molecule has 0 aromatic heterocycles. The van der Waals surface area contributed by atoms with Gasteiger partial charge in [-0.3, -0.25) is 19.0 Å². The fourth-order valence-corrected chi connectivity index (χ4v) is 5.30. The molecule has 0 saturated carbocycles. The van der Waals surface area contributed by atoms with Crippen molar-refractivity contribution in [3.8, 4) is 0 Å². The zero-order valence-corrected chi connectivity index (χ0v) is 22.0. The number of nitrogens with two attached hydrogens (primary N) is 1. The lowest BCUT2D eigenvalue weighted by Crippen LogP contribution is -2.28. The number of anilines is 4. The summed E-state index contributed by atoms with van der Waals surface area (Å²) in [5.41, 5.74) is 8.45. The first kappa shape index (κ1) is 25.9. The fourth-order valence-electron chi connectivity index (χ4n) is 4.78. The number of hydrogen-bond acceptors (Lipinski definition) is 5. The van der Waals surface area contributed by atoms with Gasteiger partial charge in [-0.15, -0.1) is 0 Å². The molecule has 0 aliphatic heterocycles. The van der Waals surface area contributed by atoms with Gasteiger partial charge in [0.05, 0.1) is 22.0 Å². The second-order valence-electron chi connectivity index (χ2n) is 9.17. The standard InChI is InChI=1S/C30H25N3O5S/c1-19(34)33(29-12-5-8-20-7-3-4-10-26(20)29)24-16-22(15-23(31)18-24)30(35)32(2)28-11-6-9-21-17-25(39(36,37)38)13-14-27(21)28/h3-18H,31H2,1-2H3,(H,36,37,38). The fraction of sp³-hybridized carbons (Fsp3) is 0.0667. The molecule has 0 aliphatic carbocycles. The first-order valence-corrected chi connectivity index (χ1v) is 13.5. The van der Waals surface area contributed by atoms with Gasteiger partial charge in [0.15, 0.2) is 0 Å². The maximum atomic E-state index is 13.7. The van der Waals surface area contributed by atoms with Crippen LogP contribution in [0.5, 0.6) is 0 Å². The molecule has 5 aromatic rings. The molecule has 8 nitrogen and oxygen atoms in total. The Morgan fingerprint density at radius 3 is 2.13 bits per heavy atom. The minimum absolute atomic E-state index is 0.237. The second kappa shape index (κ2) is 9.86. The predicted molar refractivity (Wildman–Crippen MR) is 154 cm³/mol. The smallest absolute Gasteiger partial charge is 0.294 e. The summed E-state index contributed by atoms with van der Waals surface area (Å²) < 4.78 is 32.6. The van der Waals surface area contributed by atoms with Crippen LogP contribution < -0.4 is 15.5 Å². The zero-order chi connectivity index (χ0) is 27.9. The highest BCUT2D eigenvalue weighted by Crippen LogP contribution is 2.35. The van der Waals surface area contributed by atoms with Crippen LogP contribution in [0.2, 0.25) is 0 Å². The third kappa shape index (κ3) is 4.93. The Balaban J connectivity index is 1.57. The summed E-state index contributed by atoms with van der Waals surface area (Å²) in [5, 5.41) is 3.00. The quantitative estimate of drug-likeness (QED) is 0.216. The molecule has 3 N–H and O–H groups in total. The summed E-state index contributed by atoms with van der Waals surface area (Å²) in [5.74, 6) is -0.622. The average molecular weight is 540 g/mol. The molecule has 5 rings (SSSR count). The van der Waals surface area contributed by atoms with Crippen molar-refractivity contribution >= 4 is 66.2 Å². The molecule has 2 amide bonds. The maximum absolute atomic E-state index is 13.7. The number of hydrogen-bond donors (Lipinski definition) is 2. The number of carbonyl (C=O) groups excluding carboxylic acids is 2. The first-order valence-electron chi connectivity index (χ1n) is 12.0. The van der Waals surface area contributed by atoms with Crippen molar-refractivity contribution in [3.63, 3.8) is 0 Å². The first-order chi connectivity index (χ1) is 18.5. The van der Waals surface area contributed by atoms with E-state index in [4.69, 9.17) is 5.73 Å². The topological polar surface area (TPSA) is 121 Å². The van der Waals surface area contributed by atoms with E-state index >= 15 is 0 Å². The third-order valence-electron chi connectivity index (χ3n) is 6.56. The van der Waals surface area contributed by atoms with Gasteiger partial charge in [0.1, 0.15) is 0 Å². The van der Waals surface area contributed by atoms with Crippen LogP contribution in [0.3, 0.4) is 0 Å². The average Bonchev–Trinajstić information content (AvgIpc) is 2.91. The van der Waals surface area contributed by atoms with Crippen LogP contribution in [0, 0.1) is 0 Å². The normalized spacial score (nSPS) is 11.5.